The molecule has 2 atom stereocenters. The highest BCUT2D eigenvalue weighted by atomic mass is 32.1. The van der Waals surface area contributed by atoms with Crippen LogP contribution in [0, 0.1) is 10.7 Å². The first-order chi connectivity index (χ1) is 7.41. The zero-order valence-corrected chi connectivity index (χ0v) is 11.4. The van der Waals surface area contributed by atoms with E-state index in [1.54, 1.807) is 0 Å². The zero-order chi connectivity index (χ0) is 11.9. The molecule has 1 fully saturated rings. The standard InChI is InChI=1S/C12H21N3S/c1-8-6-5-7-9(8)10-13-14-11(16)15(10)12(2,3)4/h8-9H,5-7H2,1-4H3,(H,14,16). The number of nitrogens with zero attached hydrogens (tertiary/aromatic N) is 2. The number of hydrogen-bond donors (Lipinski definition) is 1. The van der Waals surface area contributed by atoms with Gasteiger partial charge >= 0.3 is 0 Å². The highest BCUT2D eigenvalue weighted by Gasteiger charge is 2.31. The second-order valence-corrected chi connectivity index (χ2v) is 6.29. The van der Waals surface area contributed by atoms with E-state index < -0.39 is 0 Å². The van der Waals surface area contributed by atoms with Crippen molar-refractivity contribution in [3.8, 4) is 0 Å². The van der Waals surface area contributed by atoms with E-state index in [9.17, 15) is 0 Å². The minimum Gasteiger partial charge on any atom is -0.299 e. The summed E-state index contributed by atoms with van der Waals surface area (Å²) in [6.07, 6.45) is 3.88. The summed E-state index contributed by atoms with van der Waals surface area (Å²) in [4.78, 5) is 0. The zero-order valence-electron chi connectivity index (χ0n) is 10.6. The third-order valence-corrected chi connectivity index (χ3v) is 3.84. The molecule has 1 aromatic heterocycles. The molecule has 90 valence electrons. The molecule has 1 aliphatic carbocycles. The summed E-state index contributed by atoms with van der Waals surface area (Å²) < 4.78 is 2.94. The van der Waals surface area contributed by atoms with Crippen LogP contribution in [0.5, 0.6) is 0 Å². The van der Waals surface area contributed by atoms with E-state index >= 15 is 0 Å². The Morgan fingerprint density at radius 2 is 2.06 bits per heavy atom. The lowest BCUT2D eigenvalue weighted by molar-refractivity contribution is 0.355. The molecular formula is C12H21N3S. The van der Waals surface area contributed by atoms with E-state index in [0.717, 1.165) is 16.5 Å². The van der Waals surface area contributed by atoms with Crippen molar-refractivity contribution in [2.45, 2.75) is 58.4 Å². The van der Waals surface area contributed by atoms with Crippen molar-refractivity contribution in [2.75, 3.05) is 0 Å². The van der Waals surface area contributed by atoms with Crippen molar-refractivity contribution in [2.24, 2.45) is 5.92 Å². The fourth-order valence-electron chi connectivity index (χ4n) is 2.74. The van der Waals surface area contributed by atoms with Crippen molar-refractivity contribution in [1.82, 2.24) is 14.8 Å². The number of aromatic amines is 1. The molecule has 1 aromatic rings. The first-order valence-electron chi connectivity index (χ1n) is 6.09. The quantitative estimate of drug-likeness (QED) is 0.760. The van der Waals surface area contributed by atoms with Gasteiger partial charge in [-0.2, -0.15) is 5.10 Å². The van der Waals surface area contributed by atoms with Gasteiger partial charge in [-0.05, 0) is 51.7 Å². The number of aromatic nitrogens is 3. The Morgan fingerprint density at radius 1 is 1.38 bits per heavy atom. The molecule has 1 N–H and O–H groups in total. The van der Waals surface area contributed by atoms with E-state index in [-0.39, 0.29) is 5.54 Å². The Hall–Kier alpha value is -0.640. The third-order valence-electron chi connectivity index (χ3n) is 3.56. The van der Waals surface area contributed by atoms with E-state index in [1.807, 2.05) is 0 Å². The van der Waals surface area contributed by atoms with Crippen molar-refractivity contribution < 1.29 is 0 Å². The van der Waals surface area contributed by atoms with Crippen LogP contribution < -0.4 is 0 Å². The maximum Gasteiger partial charge on any atom is 0.195 e. The summed E-state index contributed by atoms with van der Waals surface area (Å²) in [6, 6.07) is 0. The van der Waals surface area contributed by atoms with Gasteiger partial charge in [0.2, 0.25) is 0 Å². The van der Waals surface area contributed by atoms with Gasteiger partial charge in [-0.25, -0.2) is 0 Å². The molecule has 1 saturated carbocycles. The minimum absolute atomic E-state index is 0.0156. The lowest BCUT2D eigenvalue weighted by Crippen LogP contribution is -2.26. The highest BCUT2D eigenvalue weighted by molar-refractivity contribution is 7.71. The van der Waals surface area contributed by atoms with Crippen LogP contribution in [0.4, 0.5) is 0 Å². The molecule has 0 aliphatic heterocycles. The molecule has 2 unspecified atom stereocenters. The Balaban J connectivity index is 2.46. The summed E-state index contributed by atoms with van der Waals surface area (Å²) in [7, 11) is 0. The van der Waals surface area contributed by atoms with Gasteiger partial charge in [0, 0.05) is 11.5 Å². The molecule has 4 heteroatoms. The number of H-pyrrole nitrogens is 1. The Labute approximate surface area is 102 Å². The monoisotopic (exact) mass is 239 g/mol. The van der Waals surface area contributed by atoms with Crippen LogP contribution in [0.25, 0.3) is 0 Å². The molecule has 1 aliphatic rings. The van der Waals surface area contributed by atoms with Crippen LogP contribution in [0.2, 0.25) is 0 Å². The average Bonchev–Trinajstić information content (AvgIpc) is 2.69. The first kappa shape index (κ1) is 11.8. The largest absolute Gasteiger partial charge is 0.299 e. The van der Waals surface area contributed by atoms with Crippen LogP contribution in [0.3, 0.4) is 0 Å². The Morgan fingerprint density at radius 3 is 2.56 bits per heavy atom. The van der Waals surface area contributed by atoms with Crippen molar-refractivity contribution in [1.29, 1.82) is 0 Å². The van der Waals surface area contributed by atoms with Gasteiger partial charge in [0.25, 0.3) is 0 Å². The smallest absolute Gasteiger partial charge is 0.195 e. The van der Waals surface area contributed by atoms with Gasteiger partial charge in [-0.15, -0.1) is 0 Å². The van der Waals surface area contributed by atoms with E-state index in [2.05, 4.69) is 42.5 Å². The summed E-state index contributed by atoms with van der Waals surface area (Å²) in [5.41, 5.74) is 0.0156. The van der Waals surface area contributed by atoms with Gasteiger partial charge in [0.1, 0.15) is 5.82 Å². The lowest BCUT2D eigenvalue weighted by Gasteiger charge is -2.25. The molecule has 2 rings (SSSR count). The van der Waals surface area contributed by atoms with Crippen molar-refractivity contribution in [3.05, 3.63) is 10.6 Å². The molecule has 0 saturated heterocycles. The van der Waals surface area contributed by atoms with Crippen LogP contribution in [-0.4, -0.2) is 14.8 Å². The Kier molecular flexibility index (Phi) is 2.95. The first-order valence-corrected chi connectivity index (χ1v) is 6.50. The molecule has 1 heterocycles. The molecule has 0 spiro atoms. The fraction of sp³-hybridized carbons (Fsp3) is 0.833. The lowest BCUT2D eigenvalue weighted by atomic mass is 9.96. The van der Waals surface area contributed by atoms with E-state index in [1.165, 1.54) is 19.3 Å². The van der Waals surface area contributed by atoms with E-state index in [4.69, 9.17) is 12.2 Å². The topological polar surface area (TPSA) is 33.6 Å². The van der Waals surface area contributed by atoms with Gasteiger partial charge in [0.15, 0.2) is 4.77 Å². The van der Waals surface area contributed by atoms with Gasteiger partial charge in [-0.3, -0.25) is 9.67 Å². The third kappa shape index (κ3) is 1.95. The molecular weight excluding hydrogens is 218 g/mol. The maximum atomic E-state index is 5.34. The molecule has 0 aromatic carbocycles. The van der Waals surface area contributed by atoms with E-state index in [0.29, 0.717) is 5.92 Å². The molecule has 16 heavy (non-hydrogen) atoms. The van der Waals surface area contributed by atoms with Gasteiger partial charge < -0.3 is 0 Å². The molecule has 0 amide bonds. The molecule has 3 nitrogen and oxygen atoms in total. The van der Waals surface area contributed by atoms with Crippen LogP contribution in [-0.2, 0) is 5.54 Å². The molecule has 0 radical (unpaired) electrons. The Bertz CT molecular complexity index is 424. The SMILES string of the molecule is CC1CCCC1c1n[nH]c(=S)n1C(C)(C)C. The van der Waals surface area contributed by atoms with Gasteiger partial charge in [-0.1, -0.05) is 13.3 Å². The number of rotatable bonds is 1. The average molecular weight is 239 g/mol. The van der Waals surface area contributed by atoms with Gasteiger partial charge in [0.05, 0.1) is 0 Å². The maximum absolute atomic E-state index is 5.34. The van der Waals surface area contributed by atoms with Crippen molar-refractivity contribution in [3.63, 3.8) is 0 Å². The van der Waals surface area contributed by atoms with Crippen LogP contribution in [0.1, 0.15) is 58.7 Å². The van der Waals surface area contributed by atoms with Crippen LogP contribution >= 0.6 is 12.2 Å². The number of nitrogens with one attached hydrogen (secondary N) is 1. The second-order valence-electron chi connectivity index (χ2n) is 5.91. The summed E-state index contributed by atoms with van der Waals surface area (Å²) >= 11 is 5.34. The van der Waals surface area contributed by atoms with Crippen molar-refractivity contribution >= 4 is 12.2 Å². The second kappa shape index (κ2) is 3.99. The van der Waals surface area contributed by atoms with Crippen LogP contribution in [0.15, 0.2) is 0 Å². The predicted molar refractivity (Wildman–Crippen MR) is 68.2 cm³/mol. The predicted octanol–water partition coefficient (Wildman–Crippen LogP) is 3.60. The fourth-order valence-corrected chi connectivity index (χ4v) is 3.15. The summed E-state index contributed by atoms with van der Waals surface area (Å²) in [5, 5.41) is 7.42. The minimum atomic E-state index is 0.0156. The number of hydrogen-bond acceptors (Lipinski definition) is 2. The molecule has 0 bridgehead atoms. The summed E-state index contributed by atoms with van der Waals surface area (Å²) in [5.74, 6) is 2.46. The summed E-state index contributed by atoms with van der Waals surface area (Å²) in [6.45, 7) is 8.87. The normalized spacial score (nSPS) is 26.2. The highest BCUT2D eigenvalue weighted by Crippen LogP contribution is 2.39.